The molecule has 0 N–H and O–H groups in total. The molecule has 0 radical (unpaired) electrons. The number of benzene rings is 3. The summed E-state index contributed by atoms with van der Waals surface area (Å²) in [7, 11) is 1.62. The van der Waals surface area contributed by atoms with Crippen molar-refractivity contribution in [1.82, 2.24) is 9.47 Å². The van der Waals surface area contributed by atoms with E-state index in [9.17, 15) is 9.59 Å². The third-order valence-corrected chi connectivity index (χ3v) is 8.08. The minimum absolute atomic E-state index is 0.121. The van der Waals surface area contributed by atoms with E-state index >= 15 is 0 Å². The molecule has 3 aromatic carbocycles. The molecule has 5 rings (SSSR count). The molecule has 38 heavy (non-hydrogen) atoms. The van der Waals surface area contributed by atoms with Crippen molar-refractivity contribution < 1.29 is 9.53 Å². The van der Waals surface area contributed by atoms with Crippen LogP contribution in [0.2, 0.25) is 0 Å². The van der Waals surface area contributed by atoms with E-state index in [-0.39, 0.29) is 11.5 Å². The highest BCUT2D eigenvalue weighted by atomic mass is 32.1. The molecule has 1 aliphatic heterocycles. The van der Waals surface area contributed by atoms with Gasteiger partial charge in [-0.05, 0) is 56.2 Å². The maximum absolute atomic E-state index is 14.1. The van der Waals surface area contributed by atoms with Crippen molar-refractivity contribution in [3.05, 3.63) is 108 Å². The number of carbonyl (C=O) groups is 1. The number of aryl methyl sites for hydroxylation is 1. The molecule has 0 saturated heterocycles. The number of hydrogen-bond acceptors (Lipinski definition) is 5. The van der Waals surface area contributed by atoms with Gasteiger partial charge in [0, 0.05) is 18.7 Å². The minimum Gasteiger partial charge on any atom is -0.496 e. The lowest BCUT2D eigenvalue weighted by Crippen LogP contribution is -2.43. The first-order valence-corrected chi connectivity index (χ1v) is 13.6. The third kappa shape index (κ3) is 4.37. The Morgan fingerprint density at radius 1 is 1.05 bits per heavy atom. The van der Waals surface area contributed by atoms with Crippen LogP contribution in [0, 0.1) is 6.92 Å². The Balaban J connectivity index is 1.85. The fourth-order valence-electron chi connectivity index (χ4n) is 5.10. The van der Waals surface area contributed by atoms with Crippen LogP contribution in [0.4, 0.5) is 0 Å². The maximum Gasteiger partial charge on any atom is 0.271 e. The van der Waals surface area contributed by atoms with Gasteiger partial charge in [-0.3, -0.25) is 14.2 Å². The molecule has 7 heteroatoms. The Kier molecular flexibility index (Phi) is 7.04. The van der Waals surface area contributed by atoms with Gasteiger partial charge >= 0.3 is 0 Å². The molecule has 0 fully saturated rings. The van der Waals surface area contributed by atoms with Gasteiger partial charge in [0.2, 0.25) is 0 Å². The largest absolute Gasteiger partial charge is 0.496 e. The Morgan fingerprint density at radius 2 is 1.76 bits per heavy atom. The second-order valence-electron chi connectivity index (χ2n) is 9.37. The summed E-state index contributed by atoms with van der Waals surface area (Å²) in [4.78, 5) is 35.2. The maximum atomic E-state index is 14.1. The predicted octanol–water partition coefficient (Wildman–Crippen LogP) is 4.57. The number of amides is 1. The van der Waals surface area contributed by atoms with Gasteiger partial charge in [-0.2, -0.15) is 0 Å². The highest BCUT2D eigenvalue weighted by Gasteiger charge is 2.36. The van der Waals surface area contributed by atoms with Crippen molar-refractivity contribution in [2.24, 2.45) is 4.99 Å². The zero-order chi connectivity index (χ0) is 27.0. The topological polar surface area (TPSA) is 63.9 Å². The van der Waals surface area contributed by atoms with Crippen LogP contribution in [0.25, 0.3) is 16.8 Å². The molecule has 0 aliphatic carbocycles. The number of hydrogen-bond donors (Lipinski definition) is 0. The lowest BCUT2D eigenvalue weighted by atomic mass is 9.90. The molecule has 1 amide bonds. The summed E-state index contributed by atoms with van der Waals surface area (Å²) >= 11 is 1.34. The number of nitrogens with zero attached hydrogens (tertiary/aromatic N) is 3. The molecule has 194 valence electrons. The van der Waals surface area contributed by atoms with Crippen LogP contribution in [-0.2, 0) is 4.79 Å². The average Bonchev–Trinajstić information content (AvgIpc) is 3.23. The highest BCUT2D eigenvalue weighted by Crippen LogP contribution is 2.40. The standard InChI is InChI=1S/C31H31N3O3S/c1-6-33(7-2)30(36)26-20(4)32-31-34(29(35)25(38-31)18-21-14-12-19(3)13-15-21)28(26)27-23-11-9-8-10-22(23)16-17-24(27)37-5/h8-18,28H,6-7H2,1-5H3/b25-18+/t28-/m1/s1. The number of thiazole rings is 1. The molecule has 2 heterocycles. The van der Waals surface area contributed by atoms with Gasteiger partial charge in [-0.1, -0.05) is 71.5 Å². The fourth-order valence-corrected chi connectivity index (χ4v) is 6.15. The molecule has 1 aromatic heterocycles. The first-order chi connectivity index (χ1) is 18.4. The second kappa shape index (κ2) is 10.4. The van der Waals surface area contributed by atoms with E-state index in [0.29, 0.717) is 39.4 Å². The molecule has 0 spiro atoms. The number of rotatable bonds is 6. The summed E-state index contributed by atoms with van der Waals surface area (Å²) in [6, 6.07) is 19.3. The Labute approximate surface area is 225 Å². The first kappa shape index (κ1) is 25.7. The number of aromatic nitrogens is 1. The molecule has 4 aromatic rings. The summed E-state index contributed by atoms with van der Waals surface area (Å²) in [6.45, 7) is 8.93. The van der Waals surface area contributed by atoms with Crippen LogP contribution in [0.5, 0.6) is 5.75 Å². The van der Waals surface area contributed by atoms with Crippen LogP contribution < -0.4 is 19.6 Å². The highest BCUT2D eigenvalue weighted by molar-refractivity contribution is 7.07. The third-order valence-electron chi connectivity index (χ3n) is 7.10. The van der Waals surface area contributed by atoms with Crippen LogP contribution in [0.3, 0.4) is 0 Å². The van der Waals surface area contributed by atoms with Gasteiger partial charge in [-0.25, -0.2) is 4.99 Å². The Bertz CT molecular complexity index is 1740. The Morgan fingerprint density at radius 3 is 2.45 bits per heavy atom. The van der Waals surface area contributed by atoms with Gasteiger partial charge in [0.1, 0.15) is 11.8 Å². The normalized spacial score (nSPS) is 15.4. The van der Waals surface area contributed by atoms with Crippen molar-refractivity contribution in [2.75, 3.05) is 20.2 Å². The average molecular weight is 526 g/mol. The molecule has 0 bridgehead atoms. The van der Waals surface area contributed by atoms with Crippen molar-refractivity contribution in [3.8, 4) is 5.75 Å². The second-order valence-corrected chi connectivity index (χ2v) is 10.4. The molecule has 0 saturated carbocycles. The number of carbonyl (C=O) groups excluding carboxylic acids is 1. The summed E-state index contributed by atoms with van der Waals surface area (Å²) < 4.78 is 8.10. The Hall–Kier alpha value is -3.97. The van der Waals surface area contributed by atoms with E-state index in [2.05, 4.69) is 0 Å². The van der Waals surface area contributed by atoms with Crippen molar-refractivity contribution in [2.45, 2.75) is 33.7 Å². The lowest BCUT2D eigenvalue weighted by Gasteiger charge is -2.30. The van der Waals surface area contributed by atoms with Crippen molar-refractivity contribution in [3.63, 3.8) is 0 Å². The smallest absolute Gasteiger partial charge is 0.271 e. The number of likely N-dealkylation sites (N-methyl/N-ethyl adjacent to an activating group) is 1. The van der Waals surface area contributed by atoms with Gasteiger partial charge in [0.15, 0.2) is 4.80 Å². The van der Waals surface area contributed by atoms with Crippen LogP contribution in [-0.4, -0.2) is 35.6 Å². The molecular weight excluding hydrogens is 494 g/mol. The lowest BCUT2D eigenvalue weighted by molar-refractivity contribution is -0.127. The SMILES string of the molecule is CCN(CC)C(=O)C1=C(C)N=c2s/c(=C/c3ccc(C)cc3)c(=O)n2[C@H]1c1c(OC)ccc2ccccc12. The van der Waals surface area contributed by atoms with Gasteiger partial charge in [0.05, 0.1) is 22.9 Å². The van der Waals surface area contributed by atoms with Crippen LogP contribution in [0.15, 0.2) is 81.7 Å². The van der Waals surface area contributed by atoms with Gasteiger partial charge in [-0.15, -0.1) is 0 Å². The fraction of sp³-hybridized carbons (Fsp3) is 0.258. The van der Waals surface area contributed by atoms with Crippen molar-refractivity contribution >= 4 is 34.1 Å². The van der Waals surface area contributed by atoms with E-state index in [0.717, 1.165) is 27.5 Å². The van der Waals surface area contributed by atoms with Gasteiger partial charge < -0.3 is 9.64 Å². The minimum atomic E-state index is -0.680. The zero-order valence-corrected chi connectivity index (χ0v) is 23.1. The van der Waals surface area contributed by atoms with E-state index in [1.54, 1.807) is 16.6 Å². The van der Waals surface area contributed by atoms with E-state index in [1.165, 1.54) is 11.3 Å². The summed E-state index contributed by atoms with van der Waals surface area (Å²) in [5.41, 5.74) is 3.82. The molecule has 1 aliphatic rings. The van der Waals surface area contributed by atoms with Crippen molar-refractivity contribution in [1.29, 1.82) is 0 Å². The zero-order valence-electron chi connectivity index (χ0n) is 22.3. The molecular formula is C31H31N3O3S. The predicted molar refractivity (Wildman–Crippen MR) is 153 cm³/mol. The molecule has 6 nitrogen and oxygen atoms in total. The number of methoxy groups -OCH3 is 1. The molecule has 1 atom stereocenters. The number of allylic oxidation sites excluding steroid dienone is 1. The number of ether oxygens (including phenoxy) is 1. The summed E-state index contributed by atoms with van der Waals surface area (Å²) in [6.07, 6.45) is 1.89. The first-order valence-electron chi connectivity index (χ1n) is 12.8. The van der Waals surface area contributed by atoms with Crippen LogP contribution >= 0.6 is 11.3 Å². The quantitative estimate of drug-likeness (QED) is 0.370. The number of fused-ring (bicyclic) bond motifs is 2. The van der Waals surface area contributed by atoms with Gasteiger partial charge in [0.25, 0.3) is 11.5 Å². The summed E-state index contributed by atoms with van der Waals surface area (Å²) in [5.74, 6) is 0.505. The van der Waals surface area contributed by atoms with E-state index in [1.807, 2.05) is 94.4 Å². The summed E-state index contributed by atoms with van der Waals surface area (Å²) in [5, 5.41) is 1.94. The van der Waals surface area contributed by atoms with E-state index in [4.69, 9.17) is 9.73 Å². The molecule has 0 unspecified atom stereocenters. The monoisotopic (exact) mass is 525 g/mol. The van der Waals surface area contributed by atoms with E-state index < -0.39 is 6.04 Å². The van der Waals surface area contributed by atoms with Crippen LogP contribution in [0.1, 0.15) is 43.5 Å².